The van der Waals surface area contributed by atoms with Crippen molar-refractivity contribution >= 4 is 5.97 Å². The first-order valence-electron chi connectivity index (χ1n) is 11.8. The van der Waals surface area contributed by atoms with Crippen LogP contribution in [0.5, 0.6) is 0 Å². The zero-order valence-electron chi connectivity index (χ0n) is 20.2. The predicted molar refractivity (Wildman–Crippen MR) is 120 cm³/mol. The van der Waals surface area contributed by atoms with E-state index in [2.05, 4.69) is 0 Å². The SMILES string of the molecule is CC(O)C12CC[C@@](CO[C@H](C)c3cc(C(F)(F)F)cc(C(F)(F)F)c3)(c3ccccc3)N(CC(=O)O1)C2. The number of alkyl halides is 6. The number of aliphatic hydroxyl groups is 1. The van der Waals surface area contributed by atoms with Crippen LogP contribution >= 0.6 is 0 Å². The Labute approximate surface area is 210 Å². The van der Waals surface area contributed by atoms with Gasteiger partial charge in [0.2, 0.25) is 0 Å². The Morgan fingerprint density at radius 2 is 1.59 bits per heavy atom. The minimum absolute atomic E-state index is 0.0812. The minimum Gasteiger partial charge on any atom is -0.454 e. The number of hydrogen-bond donors (Lipinski definition) is 1. The van der Waals surface area contributed by atoms with Gasteiger partial charge >= 0.3 is 18.3 Å². The van der Waals surface area contributed by atoms with Gasteiger partial charge in [0, 0.05) is 6.54 Å². The fourth-order valence-electron chi connectivity index (χ4n) is 5.16. The van der Waals surface area contributed by atoms with Crippen molar-refractivity contribution in [3.05, 3.63) is 70.8 Å². The summed E-state index contributed by atoms with van der Waals surface area (Å²) in [5, 5.41) is 10.4. The van der Waals surface area contributed by atoms with Crippen LogP contribution in [-0.4, -0.2) is 47.4 Å². The van der Waals surface area contributed by atoms with E-state index in [0.29, 0.717) is 25.0 Å². The molecule has 0 amide bonds. The molecule has 37 heavy (non-hydrogen) atoms. The average molecular weight is 531 g/mol. The highest BCUT2D eigenvalue weighted by Crippen LogP contribution is 2.46. The van der Waals surface area contributed by atoms with Crippen LogP contribution in [0, 0.1) is 0 Å². The number of benzene rings is 2. The van der Waals surface area contributed by atoms with Crippen LogP contribution in [0.25, 0.3) is 0 Å². The first kappa shape index (κ1) is 27.4. The molecule has 0 saturated carbocycles. The normalized spacial score (nSPS) is 27.9. The number of nitrogens with zero attached hydrogens (tertiary/aromatic N) is 1. The summed E-state index contributed by atoms with van der Waals surface area (Å²) in [6.45, 7) is 2.91. The maximum atomic E-state index is 13.4. The molecule has 5 nitrogen and oxygen atoms in total. The van der Waals surface area contributed by atoms with E-state index in [0.717, 1.165) is 5.56 Å². The third kappa shape index (κ3) is 5.35. The van der Waals surface area contributed by atoms with Crippen LogP contribution < -0.4 is 0 Å². The van der Waals surface area contributed by atoms with Gasteiger partial charge in [-0.25, -0.2) is 0 Å². The number of fused-ring (bicyclic) bond motifs is 2. The third-order valence-electron chi connectivity index (χ3n) is 7.39. The van der Waals surface area contributed by atoms with Gasteiger partial charge in [0.15, 0.2) is 5.60 Å². The highest BCUT2D eigenvalue weighted by molar-refractivity contribution is 5.73. The van der Waals surface area contributed by atoms with Crippen molar-refractivity contribution < 1.29 is 45.7 Å². The summed E-state index contributed by atoms with van der Waals surface area (Å²) in [5.41, 5.74) is -4.34. The first-order chi connectivity index (χ1) is 17.2. The fraction of sp³-hybridized carbons (Fsp3) is 0.500. The second kappa shape index (κ2) is 9.59. The Morgan fingerprint density at radius 3 is 2.14 bits per heavy atom. The lowest BCUT2D eigenvalue weighted by molar-refractivity contribution is -0.222. The molecule has 11 heteroatoms. The Balaban J connectivity index is 1.68. The van der Waals surface area contributed by atoms with E-state index in [-0.39, 0.29) is 31.3 Å². The molecule has 0 aliphatic carbocycles. The second-order valence-electron chi connectivity index (χ2n) is 9.76. The standard InChI is InChI=1S/C26H27F6NO4/c1-16(18-10-20(25(27,28)29)12-21(11-18)26(30,31)32)36-15-23(19-6-4-3-5-7-19)8-9-24(17(2)34)14-33(23)13-22(35)37-24/h3-7,10-12,16-17,34H,8-9,13-15H2,1-2H3/t16-,17?,23-,24?/m1/s1. The number of morpholine rings is 1. The van der Waals surface area contributed by atoms with Gasteiger partial charge in [-0.1, -0.05) is 30.3 Å². The van der Waals surface area contributed by atoms with Crippen molar-refractivity contribution in [2.45, 2.75) is 62.4 Å². The van der Waals surface area contributed by atoms with Crippen LogP contribution in [-0.2, 0) is 32.2 Å². The number of piperidine rings is 1. The highest BCUT2D eigenvalue weighted by atomic mass is 19.4. The van der Waals surface area contributed by atoms with Crippen LogP contribution in [0.15, 0.2) is 48.5 Å². The van der Waals surface area contributed by atoms with Gasteiger partial charge in [-0.05, 0) is 56.0 Å². The van der Waals surface area contributed by atoms with E-state index < -0.39 is 52.8 Å². The van der Waals surface area contributed by atoms with Gasteiger partial charge in [0.05, 0.1) is 42.0 Å². The summed E-state index contributed by atoms with van der Waals surface area (Å²) in [6.07, 6.45) is -11.3. The van der Waals surface area contributed by atoms with Crippen molar-refractivity contribution in [1.82, 2.24) is 4.90 Å². The number of halogens is 6. The van der Waals surface area contributed by atoms with Crippen molar-refractivity contribution in [3.63, 3.8) is 0 Å². The summed E-state index contributed by atoms with van der Waals surface area (Å²) in [7, 11) is 0. The molecule has 2 bridgehead atoms. The molecule has 2 saturated heterocycles. The Hall–Kier alpha value is -2.63. The molecule has 1 N–H and O–H groups in total. The number of esters is 1. The molecular formula is C26H27F6NO4. The summed E-state index contributed by atoms with van der Waals surface area (Å²) in [4.78, 5) is 14.3. The molecule has 0 aromatic heterocycles. The lowest BCUT2D eigenvalue weighted by atomic mass is 9.73. The molecule has 2 aliphatic heterocycles. The summed E-state index contributed by atoms with van der Waals surface area (Å²) >= 11 is 0. The monoisotopic (exact) mass is 531 g/mol. The van der Waals surface area contributed by atoms with Gasteiger partial charge in [-0.2, -0.15) is 26.3 Å². The quantitative estimate of drug-likeness (QED) is 0.396. The summed E-state index contributed by atoms with van der Waals surface area (Å²) in [5.74, 6) is -0.534. The van der Waals surface area contributed by atoms with E-state index in [1.165, 1.54) is 13.8 Å². The first-order valence-corrected chi connectivity index (χ1v) is 11.8. The number of carbonyl (C=O) groups is 1. The lowest BCUT2D eigenvalue weighted by Gasteiger charge is -2.56. The Kier molecular flexibility index (Phi) is 7.11. The Bertz CT molecular complexity index is 1100. The molecule has 2 aliphatic rings. The number of rotatable bonds is 6. The van der Waals surface area contributed by atoms with Crippen molar-refractivity contribution in [2.24, 2.45) is 0 Å². The van der Waals surface area contributed by atoms with Crippen LogP contribution in [0.1, 0.15) is 55.0 Å². The summed E-state index contributed by atoms with van der Waals surface area (Å²) in [6, 6.07) is 10.4. The number of carbonyl (C=O) groups excluding carboxylic acids is 1. The van der Waals surface area contributed by atoms with E-state index in [1.54, 1.807) is 18.2 Å². The minimum atomic E-state index is -4.97. The van der Waals surface area contributed by atoms with E-state index in [1.807, 2.05) is 17.0 Å². The summed E-state index contributed by atoms with van der Waals surface area (Å²) < 4.78 is 91.7. The van der Waals surface area contributed by atoms with Crippen molar-refractivity contribution in [3.8, 4) is 0 Å². The molecule has 2 aromatic rings. The predicted octanol–water partition coefficient (Wildman–Crippen LogP) is 5.47. The maximum absolute atomic E-state index is 13.4. The molecule has 2 aromatic carbocycles. The molecule has 0 spiro atoms. The molecular weight excluding hydrogens is 504 g/mol. The van der Waals surface area contributed by atoms with Gasteiger partial charge in [0.1, 0.15) is 0 Å². The molecule has 2 heterocycles. The molecule has 3 unspecified atom stereocenters. The number of aliphatic hydroxyl groups excluding tert-OH is 1. The number of hydrogen-bond acceptors (Lipinski definition) is 5. The molecule has 2 fully saturated rings. The zero-order valence-corrected chi connectivity index (χ0v) is 20.2. The van der Waals surface area contributed by atoms with E-state index >= 15 is 0 Å². The van der Waals surface area contributed by atoms with E-state index in [9.17, 15) is 36.2 Å². The molecule has 4 rings (SSSR count). The second-order valence-corrected chi connectivity index (χ2v) is 9.76. The van der Waals surface area contributed by atoms with Crippen LogP contribution in [0.4, 0.5) is 26.3 Å². The lowest BCUT2D eigenvalue weighted by Crippen LogP contribution is -2.69. The van der Waals surface area contributed by atoms with E-state index in [4.69, 9.17) is 9.47 Å². The topological polar surface area (TPSA) is 59.0 Å². The number of ether oxygens (including phenoxy) is 2. The van der Waals surface area contributed by atoms with Gasteiger partial charge in [0.25, 0.3) is 0 Å². The average Bonchev–Trinajstić information content (AvgIpc) is 2.82. The van der Waals surface area contributed by atoms with Gasteiger partial charge in [-0.15, -0.1) is 0 Å². The Morgan fingerprint density at radius 1 is 1.00 bits per heavy atom. The molecule has 0 radical (unpaired) electrons. The van der Waals surface area contributed by atoms with Crippen LogP contribution in [0.3, 0.4) is 0 Å². The fourth-order valence-corrected chi connectivity index (χ4v) is 5.16. The molecule has 202 valence electrons. The third-order valence-corrected chi connectivity index (χ3v) is 7.39. The smallest absolute Gasteiger partial charge is 0.416 e. The molecule has 5 atom stereocenters. The van der Waals surface area contributed by atoms with Crippen LogP contribution in [0.2, 0.25) is 0 Å². The zero-order chi connectivity index (χ0) is 27.2. The highest BCUT2D eigenvalue weighted by Gasteiger charge is 2.56. The maximum Gasteiger partial charge on any atom is 0.416 e. The largest absolute Gasteiger partial charge is 0.454 e. The van der Waals surface area contributed by atoms with Gasteiger partial charge < -0.3 is 14.6 Å². The van der Waals surface area contributed by atoms with Crippen molar-refractivity contribution in [1.29, 1.82) is 0 Å². The van der Waals surface area contributed by atoms with Gasteiger partial charge in [-0.3, -0.25) is 9.69 Å². The van der Waals surface area contributed by atoms with Crippen molar-refractivity contribution in [2.75, 3.05) is 19.7 Å².